The maximum Gasteiger partial charge on any atom is 0.126 e. The Hall–Kier alpha value is -1.38. The van der Waals surface area contributed by atoms with Gasteiger partial charge >= 0.3 is 0 Å². The van der Waals surface area contributed by atoms with Crippen LogP contribution in [0.2, 0.25) is 5.02 Å². The van der Waals surface area contributed by atoms with E-state index in [0.29, 0.717) is 5.56 Å². The molecule has 2 atom stereocenters. The molecule has 2 aromatic rings. The van der Waals surface area contributed by atoms with Crippen LogP contribution in [0.3, 0.4) is 0 Å². The normalized spacial score (nSPS) is 14.1. The van der Waals surface area contributed by atoms with E-state index in [2.05, 4.69) is 12.2 Å². The SMILES string of the molecule is Cc1ccc(C(C)N[C@H](C)c2cccc(Cl)c2)cc1F. The highest BCUT2D eigenvalue weighted by molar-refractivity contribution is 6.30. The molecule has 0 aromatic heterocycles. The van der Waals surface area contributed by atoms with Crippen molar-refractivity contribution in [3.63, 3.8) is 0 Å². The van der Waals surface area contributed by atoms with Crippen LogP contribution >= 0.6 is 11.6 Å². The summed E-state index contributed by atoms with van der Waals surface area (Å²) in [6.07, 6.45) is 0. The van der Waals surface area contributed by atoms with Crippen molar-refractivity contribution in [3.8, 4) is 0 Å². The van der Waals surface area contributed by atoms with Crippen molar-refractivity contribution in [2.45, 2.75) is 32.9 Å². The molecular formula is C17H19ClFN. The second-order valence-electron chi connectivity index (χ2n) is 5.17. The molecule has 0 aliphatic heterocycles. The van der Waals surface area contributed by atoms with E-state index in [1.54, 1.807) is 13.0 Å². The number of halogens is 2. The molecule has 0 aliphatic carbocycles. The molecule has 0 radical (unpaired) electrons. The number of benzene rings is 2. The summed E-state index contributed by atoms with van der Waals surface area (Å²) in [5, 5.41) is 4.19. The van der Waals surface area contributed by atoms with E-state index in [4.69, 9.17) is 11.6 Å². The lowest BCUT2D eigenvalue weighted by Crippen LogP contribution is -2.22. The molecule has 0 aliphatic rings. The summed E-state index contributed by atoms with van der Waals surface area (Å²) < 4.78 is 13.6. The van der Waals surface area contributed by atoms with Crippen LogP contribution in [0.1, 0.15) is 42.6 Å². The average molecular weight is 292 g/mol. The Balaban J connectivity index is 2.10. The summed E-state index contributed by atoms with van der Waals surface area (Å²) in [5.74, 6) is -0.161. The third-order valence-corrected chi connectivity index (χ3v) is 3.78. The summed E-state index contributed by atoms with van der Waals surface area (Å²) in [7, 11) is 0. The predicted molar refractivity (Wildman–Crippen MR) is 82.6 cm³/mol. The Morgan fingerprint density at radius 1 is 1.00 bits per heavy atom. The second kappa shape index (κ2) is 6.38. The Bertz CT molecular complexity index is 597. The number of aryl methyl sites for hydroxylation is 1. The van der Waals surface area contributed by atoms with Crippen LogP contribution in [0.4, 0.5) is 4.39 Å². The molecule has 0 saturated heterocycles. The first kappa shape index (κ1) is 15.0. The lowest BCUT2D eigenvalue weighted by Gasteiger charge is -2.21. The molecule has 3 heteroatoms. The maximum absolute atomic E-state index is 13.6. The van der Waals surface area contributed by atoms with Crippen LogP contribution < -0.4 is 5.32 Å². The molecule has 0 saturated carbocycles. The Morgan fingerprint density at radius 3 is 2.25 bits per heavy atom. The Kier molecular flexibility index (Phi) is 4.79. The van der Waals surface area contributed by atoms with Gasteiger partial charge in [0.05, 0.1) is 0 Å². The third kappa shape index (κ3) is 3.59. The highest BCUT2D eigenvalue weighted by atomic mass is 35.5. The fraction of sp³-hybridized carbons (Fsp3) is 0.294. The Labute approximate surface area is 124 Å². The van der Waals surface area contributed by atoms with E-state index < -0.39 is 0 Å². The number of hydrogen-bond acceptors (Lipinski definition) is 1. The van der Waals surface area contributed by atoms with E-state index in [9.17, 15) is 4.39 Å². The van der Waals surface area contributed by atoms with Crippen molar-refractivity contribution < 1.29 is 4.39 Å². The zero-order valence-electron chi connectivity index (χ0n) is 12.0. The molecule has 0 heterocycles. The minimum atomic E-state index is -0.161. The molecule has 2 rings (SSSR count). The van der Waals surface area contributed by atoms with Crippen molar-refractivity contribution in [2.24, 2.45) is 0 Å². The van der Waals surface area contributed by atoms with Crippen LogP contribution in [-0.4, -0.2) is 0 Å². The second-order valence-corrected chi connectivity index (χ2v) is 5.61. The summed E-state index contributed by atoms with van der Waals surface area (Å²) in [4.78, 5) is 0. The minimum Gasteiger partial charge on any atom is -0.304 e. The summed E-state index contributed by atoms with van der Waals surface area (Å²) >= 11 is 6.00. The van der Waals surface area contributed by atoms with Gasteiger partial charge in [0.25, 0.3) is 0 Å². The lowest BCUT2D eigenvalue weighted by molar-refractivity contribution is 0.491. The molecule has 0 bridgehead atoms. The molecule has 106 valence electrons. The zero-order valence-corrected chi connectivity index (χ0v) is 12.7. The van der Waals surface area contributed by atoms with Gasteiger partial charge in [-0.3, -0.25) is 0 Å². The molecule has 20 heavy (non-hydrogen) atoms. The van der Waals surface area contributed by atoms with Gasteiger partial charge in [-0.25, -0.2) is 4.39 Å². The van der Waals surface area contributed by atoms with Crippen molar-refractivity contribution in [1.82, 2.24) is 5.32 Å². The van der Waals surface area contributed by atoms with E-state index in [1.165, 1.54) is 0 Å². The number of hydrogen-bond donors (Lipinski definition) is 1. The van der Waals surface area contributed by atoms with Crippen LogP contribution in [-0.2, 0) is 0 Å². The first-order chi connectivity index (χ1) is 9.47. The molecule has 1 nitrogen and oxygen atoms in total. The highest BCUT2D eigenvalue weighted by Crippen LogP contribution is 2.22. The molecular weight excluding hydrogens is 273 g/mol. The molecule has 0 fully saturated rings. The number of nitrogens with one attached hydrogen (secondary N) is 1. The third-order valence-electron chi connectivity index (χ3n) is 3.54. The van der Waals surface area contributed by atoms with Crippen LogP contribution in [0, 0.1) is 12.7 Å². The van der Waals surface area contributed by atoms with Crippen molar-refractivity contribution in [3.05, 3.63) is 70.0 Å². The first-order valence-corrected chi connectivity index (χ1v) is 7.12. The van der Waals surface area contributed by atoms with Gasteiger partial charge in [0.1, 0.15) is 5.82 Å². The summed E-state index contributed by atoms with van der Waals surface area (Å²) in [5.41, 5.74) is 2.74. The largest absolute Gasteiger partial charge is 0.304 e. The highest BCUT2D eigenvalue weighted by Gasteiger charge is 2.12. The van der Waals surface area contributed by atoms with Gasteiger partial charge in [0, 0.05) is 17.1 Å². The van der Waals surface area contributed by atoms with Crippen LogP contribution in [0.15, 0.2) is 42.5 Å². The van der Waals surface area contributed by atoms with Crippen molar-refractivity contribution >= 4 is 11.6 Å². The van der Waals surface area contributed by atoms with E-state index >= 15 is 0 Å². The molecule has 0 spiro atoms. The molecule has 1 unspecified atom stereocenters. The first-order valence-electron chi connectivity index (χ1n) is 6.75. The van der Waals surface area contributed by atoms with Crippen molar-refractivity contribution in [2.75, 3.05) is 0 Å². The van der Waals surface area contributed by atoms with Gasteiger partial charge in [-0.15, -0.1) is 0 Å². The zero-order chi connectivity index (χ0) is 14.7. The molecule has 0 amide bonds. The molecule has 2 aromatic carbocycles. The number of rotatable bonds is 4. The smallest absolute Gasteiger partial charge is 0.126 e. The van der Waals surface area contributed by atoms with E-state index in [-0.39, 0.29) is 17.9 Å². The monoisotopic (exact) mass is 291 g/mol. The van der Waals surface area contributed by atoms with Crippen LogP contribution in [0.25, 0.3) is 0 Å². The topological polar surface area (TPSA) is 12.0 Å². The summed E-state index contributed by atoms with van der Waals surface area (Å²) in [6.45, 7) is 5.88. The molecule has 1 N–H and O–H groups in total. The van der Waals surface area contributed by atoms with E-state index in [1.807, 2.05) is 43.3 Å². The predicted octanol–water partition coefficient (Wildman–Crippen LogP) is 5.20. The average Bonchev–Trinajstić information content (AvgIpc) is 2.41. The van der Waals surface area contributed by atoms with Gasteiger partial charge in [0.15, 0.2) is 0 Å². The van der Waals surface area contributed by atoms with Gasteiger partial charge in [0.2, 0.25) is 0 Å². The minimum absolute atomic E-state index is 0.0686. The van der Waals surface area contributed by atoms with E-state index in [0.717, 1.165) is 16.1 Å². The quantitative estimate of drug-likeness (QED) is 0.816. The van der Waals surface area contributed by atoms with Gasteiger partial charge < -0.3 is 5.32 Å². The lowest BCUT2D eigenvalue weighted by atomic mass is 10.0. The van der Waals surface area contributed by atoms with Gasteiger partial charge in [-0.05, 0) is 55.7 Å². The van der Waals surface area contributed by atoms with Gasteiger partial charge in [-0.1, -0.05) is 35.9 Å². The Morgan fingerprint density at radius 2 is 1.65 bits per heavy atom. The van der Waals surface area contributed by atoms with Crippen LogP contribution in [0.5, 0.6) is 0 Å². The fourth-order valence-corrected chi connectivity index (χ4v) is 2.42. The fourth-order valence-electron chi connectivity index (χ4n) is 2.22. The van der Waals surface area contributed by atoms with Crippen molar-refractivity contribution in [1.29, 1.82) is 0 Å². The maximum atomic E-state index is 13.6. The standard InChI is InChI=1S/C17H19ClFN/c1-11-7-8-15(10-17(11)19)13(3)20-12(2)14-5-4-6-16(18)9-14/h4-10,12-13,20H,1-3H3/t12-,13?/m1/s1. The van der Waals surface area contributed by atoms with Gasteiger partial charge in [-0.2, -0.15) is 0 Å². The summed E-state index contributed by atoms with van der Waals surface area (Å²) in [6, 6.07) is 13.4.